The minimum Gasteiger partial charge on any atom is -0.505 e. The third-order valence-corrected chi connectivity index (χ3v) is 17.7. The molecule has 0 bridgehead atoms. The molecule has 0 unspecified atom stereocenters. The Morgan fingerprint density at radius 1 is 0.366 bits per heavy atom. The zero-order chi connectivity index (χ0) is 56.7. The molecule has 1 N–H and O–H groups in total. The summed E-state index contributed by atoms with van der Waals surface area (Å²) in [7, 11) is 0. The van der Waals surface area contributed by atoms with E-state index in [4.69, 9.17) is 4.42 Å². The van der Waals surface area contributed by atoms with Gasteiger partial charge in [-0.1, -0.05) is 187 Å². The maximum Gasteiger partial charge on any atom is 0.159 e. The van der Waals surface area contributed by atoms with Crippen molar-refractivity contribution in [1.82, 2.24) is 0 Å². The van der Waals surface area contributed by atoms with Gasteiger partial charge in [0, 0.05) is 44.0 Å². The summed E-state index contributed by atoms with van der Waals surface area (Å²) in [6.07, 6.45) is 1.86. The molecule has 4 heteroatoms. The molecule has 0 spiro atoms. The first kappa shape index (κ1) is 52.3. The van der Waals surface area contributed by atoms with Gasteiger partial charge in [0.1, 0.15) is 11.3 Å². The average Bonchev–Trinajstić information content (AvgIpc) is 3.66. The minimum atomic E-state index is 0.175. The van der Waals surface area contributed by atoms with Gasteiger partial charge in [-0.05, 0) is 195 Å². The first-order chi connectivity index (χ1) is 39.8. The number of phenolic OH excluding ortho intramolecular Hbond substituents is 1. The maximum atomic E-state index is 13.1. The lowest BCUT2D eigenvalue weighted by molar-refractivity contribution is 0.478. The van der Waals surface area contributed by atoms with Crippen LogP contribution < -0.4 is 9.80 Å². The van der Waals surface area contributed by atoms with Crippen molar-refractivity contribution in [2.45, 2.75) is 93.9 Å². The number of nitrogens with zero attached hydrogens (tertiary/aromatic N) is 2. The van der Waals surface area contributed by atoms with Crippen LogP contribution in [-0.2, 0) is 12.8 Å². The third kappa shape index (κ3) is 8.58. The van der Waals surface area contributed by atoms with E-state index in [9.17, 15) is 5.11 Å². The van der Waals surface area contributed by atoms with Gasteiger partial charge in [0.2, 0.25) is 0 Å². The Labute approximate surface area is 482 Å². The van der Waals surface area contributed by atoms with Crippen LogP contribution in [-0.4, -0.2) is 5.11 Å². The number of furan rings is 1. The van der Waals surface area contributed by atoms with Gasteiger partial charge < -0.3 is 19.3 Å². The monoisotopic (exact) mass is 1070 g/mol. The molecule has 0 fully saturated rings. The van der Waals surface area contributed by atoms with Crippen LogP contribution in [0.2, 0.25) is 0 Å². The van der Waals surface area contributed by atoms with Gasteiger partial charge in [-0.25, -0.2) is 0 Å². The Morgan fingerprint density at radius 3 is 1.39 bits per heavy atom. The largest absolute Gasteiger partial charge is 0.505 e. The highest BCUT2D eigenvalue weighted by atomic mass is 16.3. The van der Waals surface area contributed by atoms with Crippen molar-refractivity contribution >= 4 is 88.4 Å². The van der Waals surface area contributed by atoms with Gasteiger partial charge in [0.25, 0.3) is 0 Å². The van der Waals surface area contributed by atoms with E-state index < -0.39 is 0 Å². The fourth-order valence-corrected chi connectivity index (χ4v) is 13.1. The first-order valence-corrected chi connectivity index (χ1v) is 29.4. The summed E-state index contributed by atoms with van der Waals surface area (Å²) in [5.41, 5.74) is 24.0. The molecule has 13 aromatic rings. The molecule has 0 saturated carbocycles. The summed E-state index contributed by atoms with van der Waals surface area (Å²) >= 11 is 0. The predicted molar refractivity (Wildman–Crippen MR) is 351 cm³/mol. The Morgan fingerprint density at radius 2 is 0.817 bits per heavy atom. The van der Waals surface area contributed by atoms with Gasteiger partial charge >= 0.3 is 0 Å². The molecule has 1 heterocycles. The van der Waals surface area contributed by atoms with E-state index in [0.717, 1.165) is 102 Å². The van der Waals surface area contributed by atoms with E-state index >= 15 is 0 Å². The van der Waals surface area contributed by atoms with Crippen LogP contribution in [0.5, 0.6) is 5.75 Å². The number of hydrogen-bond donors (Lipinski definition) is 1. The Bertz CT molecular complexity index is 4630. The number of aromatic hydroxyl groups is 1. The van der Waals surface area contributed by atoms with Crippen molar-refractivity contribution < 1.29 is 9.52 Å². The summed E-state index contributed by atoms with van der Waals surface area (Å²) in [4.78, 5) is 4.79. The van der Waals surface area contributed by atoms with Crippen molar-refractivity contribution in [3.8, 4) is 39.1 Å². The van der Waals surface area contributed by atoms with Crippen molar-refractivity contribution in [3.05, 3.63) is 245 Å². The summed E-state index contributed by atoms with van der Waals surface area (Å²) in [5.74, 6) is 0.598. The van der Waals surface area contributed by atoms with E-state index in [1.165, 1.54) is 77.2 Å². The quantitative estimate of drug-likeness (QED) is 0.117. The van der Waals surface area contributed by atoms with Crippen LogP contribution in [0.25, 0.3) is 87.6 Å². The van der Waals surface area contributed by atoms with Crippen LogP contribution in [0.4, 0.5) is 34.1 Å². The van der Waals surface area contributed by atoms with Gasteiger partial charge in [0.15, 0.2) is 5.58 Å². The molecule has 0 atom stereocenters. The average molecular weight is 1070 g/mol. The fraction of sp³-hybridized carbons (Fsp3) is 0.179. The second-order valence-electron chi connectivity index (χ2n) is 23.3. The molecule has 404 valence electrons. The van der Waals surface area contributed by atoms with Crippen LogP contribution in [0.1, 0.15) is 97.9 Å². The Hall–Kier alpha value is -9.12. The SMILES string of the molecule is CCc1ccccc1-c1cccc(-c2cccc(N(c3ccc(C)c(C)c3)c3cc(C(C)C)c4ccc5c(N(c6ccc(C)c(C)c6)c6cccc7c6oc6c(-c8ccccc8CC)cccc67)cc(C(C)C)c6ccc3c4c65)c2O)c1. The van der Waals surface area contributed by atoms with Gasteiger partial charge in [-0.15, -0.1) is 0 Å². The van der Waals surface area contributed by atoms with Crippen molar-refractivity contribution in [2.24, 2.45) is 0 Å². The molecule has 0 aliphatic heterocycles. The molecule has 82 heavy (non-hydrogen) atoms. The summed E-state index contributed by atoms with van der Waals surface area (Å²) in [5, 5.41) is 22.4. The van der Waals surface area contributed by atoms with E-state index in [1.54, 1.807) is 0 Å². The lowest BCUT2D eigenvalue weighted by atomic mass is 9.84. The minimum absolute atomic E-state index is 0.175. The number of aryl methyl sites for hydroxylation is 6. The summed E-state index contributed by atoms with van der Waals surface area (Å²) in [6, 6.07) is 73.4. The molecular weight excluding hydrogens is 997 g/mol. The van der Waals surface area contributed by atoms with Gasteiger partial charge in [-0.2, -0.15) is 0 Å². The zero-order valence-corrected chi connectivity index (χ0v) is 48.9. The van der Waals surface area contributed by atoms with E-state index in [-0.39, 0.29) is 17.6 Å². The molecule has 1 aromatic heterocycles. The molecule has 0 amide bonds. The number of rotatable bonds is 13. The number of para-hydroxylation sites is 3. The zero-order valence-electron chi connectivity index (χ0n) is 48.9. The highest BCUT2D eigenvalue weighted by Gasteiger charge is 2.29. The predicted octanol–water partition coefficient (Wildman–Crippen LogP) is 22.7. The Kier molecular flexibility index (Phi) is 13.2. The lowest BCUT2D eigenvalue weighted by Gasteiger charge is -2.32. The second-order valence-corrected chi connectivity index (χ2v) is 23.3. The van der Waals surface area contributed by atoms with Crippen molar-refractivity contribution in [1.29, 1.82) is 0 Å². The summed E-state index contributed by atoms with van der Waals surface area (Å²) in [6.45, 7) is 22.5. The molecule has 4 nitrogen and oxygen atoms in total. The fourth-order valence-electron chi connectivity index (χ4n) is 13.1. The van der Waals surface area contributed by atoms with Gasteiger partial charge in [0.05, 0.1) is 22.7 Å². The van der Waals surface area contributed by atoms with E-state index in [1.807, 2.05) is 0 Å². The molecule has 0 aliphatic rings. The molecule has 0 radical (unpaired) electrons. The number of fused-ring (bicyclic) bond motifs is 3. The highest BCUT2D eigenvalue weighted by molar-refractivity contribution is 6.30. The van der Waals surface area contributed by atoms with E-state index in [0.29, 0.717) is 0 Å². The number of hydrogen-bond acceptors (Lipinski definition) is 4. The second kappa shape index (κ2) is 20.8. The number of benzene rings is 12. The number of phenols is 1. The molecule has 13 rings (SSSR count). The molecule has 0 saturated heterocycles. The standard InChI is InChI=1S/C78H70N2O2/c1-11-52-21-13-15-25-58(52)54-23-17-24-55(43-54)60-27-19-31-70(76(60)81)79(56-35-33-48(7)50(9)41-56)72-44-68(46(3)4)61-38-40-67-73(45-69(47(5)6)62-37-39-66(72)74(61)75(62)67)80(57-36-34-49(8)51(10)42-57)71-32-20-30-65-64-29-18-28-63(77(64)82-78(65)71)59-26-16-14-22-53(59)12-2/h13-47,81H,11-12H2,1-10H3. The van der Waals surface area contributed by atoms with Gasteiger partial charge in [-0.3, -0.25) is 0 Å². The van der Waals surface area contributed by atoms with Crippen LogP contribution in [0.15, 0.2) is 205 Å². The third-order valence-electron chi connectivity index (χ3n) is 17.7. The maximum absolute atomic E-state index is 13.1. The van der Waals surface area contributed by atoms with Crippen LogP contribution in [0, 0.1) is 27.7 Å². The molecule has 12 aromatic carbocycles. The lowest BCUT2D eigenvalue weighted by Crippen LogP contribution is -2.14. The van der Waals surface area contributed by atoms with E-state index in [2.05, 4.69) is 279 Å². The summed E-state index contributed by atoms with van der Waals surface area (Å²) < 4.78 is 7.35. The first-order valence-electron chi connectivity index (χ1n) is 29.4. The molecular formula is C78H70N2O2. The molecule has 0 aliphatic carbocycles. The van der Waals surface area contributed by atoms with Crippen LogP contribution >= 0.6 is 0 Å². The van der Waals surface area contributed by atoms with Crippen LogP contribution in [0.3, 0.4) is 0 Å². The normalized spacial score (nSPS) is 11.9. The number of anilines is 6. The van der Waals surface area contributed by atoms with Crippen molar-refractivity contribution in [2.75, 3.05) is 9.80 Å². The highest BCUT2D eigenvalue weighted by Crippen LogP contribution is 2.54. The smallest absolute Gasteiger partial charge is 0.159 e. The Balaban J connectivity index is 1.09. The van der Waals surface area contributed by atoms with Crippen molar-refractivity contribution in [3.63, 3.8) is 0 Å². The topological polar surface area (TPSA) is 39.9 Å².